The number of aromatic amines is 1. The first-order chi connectivity index (χ1) is 16.3. The largest absolute Gasteiger partial charge is 0.491 e. The molecule has 35 heavy (non-hydrogen) atoms. The second kappa shape index (κ2) is 10.2. The Hall–Kier alpha value is -3.20. The van der Waals surface area contributed by atoms with Crippen molar-refractivity contribution in [1.29, 1.82) is 0 Å². The van der Waals surface area contributed by atoms with Crippen molar-refractivity contribution in [3.63, 3.8) is 0 Å². The quantitative estimate of drug-likeness (QED) is 0.402. The Morgan fingerprint density at radius 1 is 1.11 bits per heavy atom. The number of hydrogen-bond donors (Lipinski definition) is 1. The predicted molar refractivity (Wildman–Crippen MR) is 127 cm³/mol. The Morgan fingerprint density at radius 3 is 2.49 bits per heavy atom. The van der Waals surface area contributed by atoms with Gasteiger partial charge < -0.3 is 4.74 Å². The molecule has 186 valence electrons. The van der Waals surface area contributed by atoms with Gasteiger partial charge in [-0.15, -0.1) is 0 Å². The number of Topliss-reactive ketones (excluding diaryl/α,β-unsaturated/α-hetero) is 1. The molecule has 0 saturated heterocycles. The highest BCUT2D eigenvalue weighted by Gasteiger charge is 2.51. The number of aryl methyl sites for hydroxylation is 1. The van der Waals surface area contributed by atoms with Gasteiger partial charge in [-0.3, -0.25) is 9.78 Å². The molecule has 6 nitrogen and oxygen atoms in total. The lowest BCUT2D eigenvalue weighted by Gasteiger charge is -2.26. The smallest absolute Gasteiger partial charge is 0.400 e. The Balaban J connectivity index is 1.91. The Bertz CT molecular complexity index is 1290. The summed E-state index contributed by atoms with van der Waals surface area (Å²) in [5.74, 6) is -0.0253. The minimum Gasteiger partial charge on any atom is -0.491 e. The Labute approximate surface area is 205 Å². The van der Waals surface area contributed by atoms with Gasteiger partial charge in [-0.2, -0.15) is 18.2 Å². The molecule has 0 amide bonds. The molecule has 0 atom stereocenters. The summed E-state index contributed by atoms with van der Waals surface area (Å²) >= 11 is 6.34. The number of aromatic nitrogens is 3. The maximum absolute atomic E-state index is 13.2. The van der Waals surface area contributed by atoms with Crippen molar-refractivity contribution in [3.05, 3.63) is 63.5 Å². The highest BCUT2D eigenvalue weighted by Crippen LogP contribution is 2.39. The van der Waals surface area contributed by atoms with Crippen molar-refractivity contribution in [2.24, 2.45) is 5.41 Å². The SMILES string of the molecule is CC(C)Oc1cccc(-c2nc(-c3cc(CCC(=O)C(C)(C)C(F)(F)F)ccc3Cl)[nH]c(=O)n2)c1. The topological polar surface area (TPSA) is 84.9 Å². The number of nitrogens with zero attached hydrogens (tertiary/aromatic N) is 2. The molecule has 0 fully saturated rings. The van der Waals surface area contributed by atoms with Gasteiger partial charge in [0, 0.05) is 17.5 Å². The Kier molecular flexibility index (Phi) is 7.69. The van der Waals surface area contributed by atoms with Crippen molar-refractivity contribution in [2.45, 2.75) is 52.8 Å². The van der Waals surface area contributed by atoms with Crippen molar-refractivity contribution in [1.82, 2.24) is 15.0 Å². The van der Waals surface area contributed by atoms with E-state index in [1.165, 1.54) is 0 Å². The number of carbonyl (C=O) groups excluding carboxylic acids is 1. The van der Waals surface area contributed by atoms with Crippen LogP contribution in [-0.2, 0) is 11.2 Å². The van der Waals surface area contributed by atoms with Gasteiger partial charge >= 0.3 is 11.9 Å². The highest BCUT2D eigenvalue weighted by atomic mass is 35.5. The maximum Gasteiger partial charge on any atom is 0.400 e. The molecule has 0 radical (unpaired) electrons. The fraction of sp³-hybridized carbons (Fsp3) is 0.360. The fourth-order valence-electron chi connectivity index (χ4n) is 3.26. The number of ether oxygens (including phenoxy) is 1. The van der Waals surface area contributed by atoms with E-state index in [2.05, 4.69) is 15.0 Å². The lowest BCUT2D eigenvalue weighted by Crippen LogP contribution is -2.39. The second-order valence-electron chi connectivity index (χ2n) is 8.88. The van der Waals surface area contributed by atoms with Crippen LogP contribution in [0.2, 0.25) is 5.02 Å². The molecule has 0 unspecified atom stereocenters. The van der Waals surface area contributed by atoms with Crippen LogP contribution in [0.3, 0.4) is 0 Å². The maximum atomic E-state index is 13.2. The summed E-state index contributed by atoms with van der Waals surface area (Å²) in [7, 11) is 0. The summed E-state index contributed by atoms with van der Waals surface area (Å²) in [4.78, 5) is 35.5. The van der Waals surface area contributed by atoms with Crippen molar-refractivity contribution in [2.75, 3.05) is 0 Å². The van der Waals surface area contributed by atoms with E-state index in [-0.39, 0.29) is 35.6 Å². The number of ketones is 1. The minimum atomic E-state index is -4.64. The molecule has 0 aliphatic heterocycles. The zero-order chi connectivity index (χ0) is 26.0. The summed E-state index contributed by atoms with van der Waals surface area (Å²) in [5.41, 5.74) is -1.60. The first-order valence-corrected chi connectivity index (χ1v) is 11.3. The van der Waals surface area contributed by atoms with E-state index in [1.54, 1.807) is 42.5 Å². The molecule has 2 aromatic carbocycles. The average molecular weight is 508 g/mol. The van der Waals surface area contributed by atoms with Crippen molar-refractivity contribution in [3.8, 4) is 28.5 Å². The van der Waals surface area contributed by atoms with E-state index in [0.717, 1.165) is 13.8 Å². The van der Waals surface area contributed by atoms with E-state index in [9.17, 15) is 22.8 Å². The first-order valence-electron chi connectivity index (χ1n) is 10.9. The van der Waals surface area contributed by atoms with E-state index in [1.807, 2.05) is 13.8 Å². The summed E-state index contributed by atoms with van der Waals surface area (Å²) < 4.78 is 45.2. The van der Waals surface area contributed by atoms with Crippen LogP contribution in [0, 0.1) is 5.41 Å². The van der Waals surface area contributed by atoms with E-state index < -0.39 is 23.1 Å². The molecule has 3 rings (SSSR count). The number of nitrogens with one attached hydrogen (secondary N) is 1. The summed E-state index contributed by atoms with van der Waals surface area (Å²) in [6, 6.07) is 11.7. The standard InChI is InChI=1S/C25H25ClF3N3O3/c1-14(2)35-17-7-5-6-16(13-17)21-30-22(32-23(34)31-21)18-12-15(8-10-19(18)26)9-11-20(33)24(3,4)25(27,28)29/h5-8,10,12-14H,9,11H2,1-4H3,(H,30,31,32,34). The predicted octanol–water partition coefficient (Wildman–Crippen LogP) is 6.03. The lowest BCUT2D eigenvalue weighted by atomic mass is 9.84. The Morgan fingerprint density at radius 2 is 1.83 bits per heavy atom. The summed E-state index contributed by atoms with van der Waals surface area (Å²) in [6.45, 7) is 5.52. The third kappa shape index (κ3) is 6.28. The second-order valence-corrected chi connectivity index (χ2v) is 9.29. The first kappa shape index (κ1) is 26.4. The van der Waals surface area contributed by atoms with Gasteiger partial charge in [0.1, 0.15) is 22.8 Å². The van der Waals surface area contributed by atoms with Crippen LogP contribution in [0.15, 0.2) is 47.3 Å². The van der Waals surface area contributed by atoms with Crippen LogP contribution in [-0.4, -0.2) is 33.0 Å². The normalized spacial score (nSPS) is 12.1. The molecular formula is C25H25ClF3N3O3. The lowest BCUT2D eigenvalue weighted by molar-refractivity contribution is -0.210. The molecule has 3 aromatic rings. The van der Waals surface area contributed by atoms with Crippen LogP contribution in [0.25, 0.3) is 22.8 Å². The number of carbonyl (C=O) groups is 1. The minimum absolute atomic E-state index is 0.0453. The monoisotopic (exact) mass is 507 g/mol. The van der Waals surface area contributed by atoms with Gasteiger partial charge in [-0.1, -0.05) is 29.8 Å². The van der Waals surface area contributed by atoms with E-state index >= 15 is 0 Å². The van der Waals surface area contributed by atoms with E-state index in [0.29, 0.717) is 22.4 Å². The summed E-state index contributed by atoms with van der Waals surface area (Å²) in [6.07, 6.45) is -4.92. The van der Waals surface area contributed by atoms with Crippen molar-refractivity contribution < 1.29 is 22.7 Å². The molecule has 0 aliphatic carbocycles. The molecular weight excluding hydrogens is 483 g/mol. The molecule has 1 N–H and O–H groups in total. The molecule has 0 saturated carbocycles. The van der Waals surface area contributed by atoms with Crippen LogP contribution in [0.5, 0.6) is 5.75 Å². The molecule has 10 heteroatoms. The third-order valence-electron chi connectivity index (χ3n) is 5.45. The number of hydrogen-bond acceptors (Lipinski definition) is 5. The molecule has 0 spiro atoms. The third-order valence-corrected chi connectivity index (χ3v) is 5.78. The molecule has 0 aliphatic rings. The van der Waals surface area contributed by atoms with Gasteiger partial charge in [-0.05, 0) is 63.9 Å². The van der Waals surface area contributed by atoms with Gasteiger partial charge in [0.15, 0.2) is 5.82 Å². The van der Waals surface area contributed by atoms with Gasteiger partial charge in [0.25, 0.3) is 0 Å². The zero-order valence-electron chi connectivity index (χ0n) is 19.7. The number of rotatable bonds is 8. The summed E-state index contributed by atoms with van der Waals surface area (Å²) in [5, 5.41) is 0.271. The number of halogens is 4. The van der Waals surface area contributed by atoms with Gasteiger partial charge in [0.2, 0.25) is 0 Å². The molecule has 1 heterocycles. The highest BCUT2D eigenvalue weighted by molar-refractivity contribution is 6.33. The van der Waals surface area contributed by atoms with Gasteiger partial charge in [0.05, 0.1) is 11.1 Å². The average Bonchev–Trinajstić information content (AvgIpc) is 2.76. The van der Waals surface area contributed by atoms with Crippen LogP contribution in [0.4, 0.5) is 13.2 Å². The number of alkyl halides is 3. The van der Waals surface area contributed by atoms with Gasteiger partial charge in [-0.25, -0.2) is 9.78 Å². The number of H-pyrrole nitrogens is 1. The van der Waals surface area contributed by atoms with Crippen LogP contribution < -0.4 is 10.4 Å². The van der Waals surface area contributed by atoms with Crippen LogP contribution >= 0.6 is 11.6 Å². The molecule has 0 bridgehead atoms. The van der Waals surface area contributed by atoms with E-state index in [4.69, 9.17) is 16.3 Å². The van der Waals surface area contributed by atoms with Crippen LogP contribution in [0.1, 0.15) is 39.7 Å². The van der Waals surface area contributed by atoms with Crippen molar-refractivity contribution >= 4 is 17.4 Å². The molecule has 1 aromatic heterocycles. The fourth-order valence-corrected chi connectivity index (χ4v) is 3.47. The zero-order valence-corrected chi connectivity index (χ0v) is 20.4. The number of benzene rings is 2.